The first-order valence-electron chi connectivity index (χ1n) is 8.13. The predicted molar refractivity (Wildman–Crippen MR) is 100 cm³/mol. The molecule has 0 radical (unpaired) electrons. The van der Waals surface area contributed by atoms with Crippen molar-refractivity contribution < 1.29 is 9.90 Å². The van der Waals surface area contributed by atoms with Crippen LogP contribution >= 0.6 is 0 Å². The number of nitrogens with zero attached hydrogens (tertiary/aromatic N) is 1. The zero-order valence-corrected chi connectivity index (χ0v) is 13.7. The molecule has 4 heteroatoms. The van der Waals surface area contributed by atoms with Gasteiger partial charge in [0.25, 0.3) is 0 Å². The van der Waals surface area contributed by atoms with Gasteiger partial charge in [-0.1, -0.05) is 48.5 Å². The molecule has 1 unspecified atom stereocenters. The van der Waals surface area contributed by atoms with Gasteiger partial charge in [0.2, 0.25) is 0 Å². The molecule has 0 aromatic heterocycles. The normalized spacial score (nSPS) is 11.7. The second kappa shape index (κ2) is 7.64. The van der Waals surface area contributed by atoms with Crippen LogP contribution in [0.15, 0.2) is 84.9 Å². The van der Waals surface area contributed by atoms with Crippen molar-refractivity contribution in [1.82, 2.24) is 0 Å². The first-order chi connectivity index (χ1) is 12.1. The van der Waals surface area contributed by atoms with Gasteiger partial charge in [-0.05, 0) is 42.0 Å². The third-order valence-electron chi connectivity index (χ3n) is 4.00. The summed E-state index contributed by atoms with van der Waals surface area (Å²) in [6.07, 6.45) is -0.0829. The highest BCUT2D eigenvalue weighted by Crippen LogP contribution is 2.34. The third-order valence-corrected chi connectivity index (χ3v) is 4.00. The van der Waals surface area contributed by atoms with Crippen LogP contribution in [0, 0.1) is 0 Å². The molecule has 126 valence electrons. The molecule has 0 heterocycles. The van der Waals surface area contributed by atoms with Crippen molar-refractivity contribution in [2.75, 3.05) is 4.90 Å². The molecule has 0 fully saturated rings. The number of para-hydroxylation sites is 2. The Bertz CT molecular complexity index is 778. The van der Waals surface area contributed by atoms with E-state index in [1.54, 1.807) is 0 Å². The van der Waals surface area contributed by atoms with Gasteiger partial charge in [0.1, 0.15) is 0 Å². The number of hydrogen-bond acceptors (Lipinski definition) is 3. The largest absolute Gasteiger partial charge is 0.481 e. The minimum atomic E-state index is -0.897. The minimum Gasteiger partial charge on any atom is -0.481 e. The van der Waals surface area contributed by atoms with Gasteiger partial charge in [-0.3, -0.25) is 4.79 Å². The van der Waals surface area contributed by atoms with Crippen molar-refractivity contribution in [2.24, 2.45) is 5.73 Å². The fraction of sp³-hybridized carbons (Fsp3) is 0.0952. The molecule has 0 saturated heterocycles. The predicted octanol–water partition coefficient (Wildman–Crippen LogP) is 4.63. The van der Waals surface area contributed by atoms with Crippen molar-refractivity contribution in [3.63, 3.8) is 0 Å². The van der Waals surface area contributed by atoms with E-state index in [-0.39, 0.29) is 6.42 Å². The van der Waals surface area contributed by atoms with Gasteiger partial charge < -0.3 is 15.7 Å². The van der Waals surface area contributed by atoms with E-state index in [1.165, 1.54) is 0 Å². The van der Waals surface area contributed by atoms with E-state index in [9.17, 15) is 4.79 Å². The molecule has 3 aromatic rings. The highest BCUT2D eigenvalue weighted by molar-refractivity contribution is 5.76. The van der Waals surface area contributed by atoms with E-state index in [2.05, 4.69) is 29.2 Å². The monoisotopic (exact) mass is 332 g/mol. The Kier molecular flexibility index (Phi) is 5.11. The first kappa shape index (κ1) is 16.7. The summed E-state index contributed by atoms with van der Waals surface area (Å²) in [5.41, 5.74) is 9.86. The lowest BCUT2D eigenvalue weighted by molar-refractivity contribution is -0.137. The lowest BCUT2D eigenvalue weighted by atomic mass is 10.0. The molecule has 1 atom stereocenters. The molecule has 0 aliphatic heterocycles. The molecule has 0 aliphatic rings. The Labute approximate surface area is 147 Å². The number of hydrogen-bond donors (Lipinski definition) is 2. The molecule has 0 spiro atoms. The van der Waals surface area contributed by atoms with Crippen LogP contribution in [0.2, 0.25) is 0 Å². The molecule has 25 heavy (non-hydrogen) atoms. The second-order valence-corrected chi connectivity index (χ2v) is 5.80. The number of benzene rings is 3. The molecule has 4 nitrogen and oxygen atoms in total. The van der Waals surface area contributed by atoms with Crippen molar-refractivity contribution in [3.05, 3.63) is 90.5 Å². The van der Waals surface area contributed by atoms with Crippen molar-refractivity contribution in [1.29, 1.82) is 0 Å². The van der Waals surface area contributed by atoms with Gasteiger partial charge in [-0.25, -0.2) is 0 Å². The maximum atomic E-state index is 10.8. The highest BCUT2D eigenvalue weighted by atomic mass is 16.4. The summed E-state index contributed by atoms with van der Waals surface area (Å²) in [5, 5.41) is 8.90. The van der Waals surface area contributed by atoms with Crippen LogP contribution in [0.4, 0.5) is 17.1 Å². The minimum absolute atomic E-state index is 0.0829. The molecule has 0 saturated carbocycles. The molecule has 0 bridgehead atoms. The van der Waals surface area contributed by atoms with Gasteiger partial charge in [-0.2, -0.15) is 0 Å². The van der Waals surface area contributed by atoms with Crippen LogP contribution in [0.25, 0.3) is 0 Å². The summed E-state index contributed by atoms with van der Waals surface area (Å²) >= 11 is 0. The van der Waals surface area contributed by atoms with Crippen LogP contribution in [0.1, 0.15) is 18.0 Å². The third kappa shape index (κ3) is 4.05. The molecule has 0 amide bonds. The number of carbonyl (C=O) groups is 1. The second-order valence-electron chi connectivity index (χ2n) is 5.80. The smallest absolute Gasteiger partial charge is 0.305 e. The molecular weight excluding hydrogens is 312 g/mol. The van der Waals surface area contributed by atoms with Crippen molar-refractivity contribution >= 4 is 23.0 Å². The van der Waals surface area contributed by atoms with Crippen LogP contribution in [-0.2, 0) is 4.79 Å². The van der Waals surface area contributed by atoms with Gasteiger partial charge in [0.15, 0.2) is 0 Å². The Morgan fingerprint density at radius 1 is 0.800 bits per heavy atom. The first-order valence-corrected chi connectivity index (χ1v) is 8.13. The Morgan fingerprint density at radius 2 is 1.24 bits per heavy atom. The zero-order valence-electron chi connectivity index (χ0n) is 13.7. The number of anilines is 3. The lowest BCUT2D eigenvalue weighted by Crippen LogP contribution is -2.15. The fourth-order valence-corrected chi connectivity index (χ4v) is 2.78. The maximum absolute atomic E-state index is 10.8. The quantitative estimate of drug-likeness (QED) is 0.690. The summed E-state index contributed by atoms with van der Waals surface area (Å²) in [5.74, 6) is -0.897. The molecular formula is C21H20N2O2. The maximum Gasteiger partial charge on any atom is 0.305 e. The average Bonchev–Trinajstić information content (AvgIpc) is 2.64. The summed E-state index contributed by atoms with van der Waals surface area (Å²) in [6.45, 7) is 0. The summed E-state index contributed by atoms with van der Waals surface area (Å²) in [7, 11) is 0. The van der Waals surface area contributed by atoms with E-state index >= 15 is 0 Å². The van der Waals surface area contributed by atoms with E-state index in [0.717, 1.165) is 22.6 Å². The Hall–Kier alpha value is -3.11. The van der Waals surface area contributed by atoms with Gasteiger partial charge in [0, 0.05) is 23.1 Å². The summed E-state index contributed by atoms with van der Waals surface area (Å²) < 4.78 is 0. The molecule has 0 aliphatic carbocycles. The van der Waals surface area contributed by atoms with Crippen molar-refractivity contribution in [2.45, 2.75) is 12.5 Å². The van der Waals surface area contributed by atoms with Crippen LogP contribution in [-0.4, -0.2) is 11.1 Å². The number of nitrogens with two attached hydrogens (primary N) is 1. The van der Waals surface area contributed by atoms with Gasteiger partial charge >= 0.3 is 5.97 Å². The highest BCUT2D eigenvalue weighted by Gasteiger charge is 2.14. The number of rotatable bonds is 6. The Morgan fingerprint density at radius 3 is 1.68 bits per heavy atom. The zero-order chi connectivity index (χ0) is 17.6. The van der Waals surface area contributed by atoms with E-state index in [1.807, 2.05) is 60.7 Å². The topological polar surface area (TPSA) is 66.6 Å². The van der Waals surface area contributed by atoms with Crippen LogP contribution < -0.4 is 10.6 Å². The molecule has 3 aromatic carbocycles. The van der Waals surface area contributed by atoms with E-state index in [0.29, 0.717) is 0 Å². The average molecular weight is 332 g/mol. The SMILES string of the molecule is NC(CC(=O)O)c1ccc(N(c2ccccc2)c2ccccc2)cc1. The number of carboxylic acid groups (broad SMARTS) is 1. The van der Waals surface area contributed by atoms with Crippen molar-refractivity contribution in [3.8, 4) is 0 Å². The lowest BCUT2D eigenvalue weighted by Gasteiger charge is -2.25. The van der Waals surface area contributed by atoms with Gasteiger partial charge in [0.05, 0.1) is 6.42 Å². The molecule has 3 N–H and O–H groups in total. The molecule has 3 rings (SSSR count). The number of aliphatic carboxylic acids is 1. The number of carboxylic acids is 1. The Balaban J connectivity index is 1.96. The van der Waals surface area contributed by atoms with Crippen LogP contribution in [0.5, 0.6) is 0 Å². The van der Waals surface area contributed by atoms with Crippen LogP contribution in [0.3, 0.4) is 0 Å². The fourth-order valence-electron chi connectivity index (χ4n) is 2.78. The van der Waals surface area contributed by atoms with E-state index in [4.69, 9.17) is 10.8 Å². The summed E-state index contributed by atoms with van der Waals surface area (Å²) in [4.78, 5) is 13.0. The van der Waals surface area contributed by atoms with E-state index < -0.39 is 12.0 Å². The summed E-state index contributed by atoms with van der Waals surface area (Å²) in [6, 6.07) is 27.4. The van der Waals surface area contributed by atoms with Gasteiger partial charge in [-0.15, -0.1) is 0 Å². The standard InChI is InChI=1S/C21H20N2O2/c22-20(15-21(24)25)16-11-13-19(14-12-16)23(17-7-3-1-4-8-17)18-9-5-2-6-10-18/h1-14,20H,15,22H2,(H,24,25).